The molecular formula is C14H14N2O2S. The SMILES string of the molecule is CSc1ccc(Nc2cc(C(=O)O)ccc2N)cc1. The second-order valence-corrected chi connectivity index (χ2v) is 4.84. The Balaban J connectivity index is 2.26. The summed E-state index contributed by atoms with van der Waals surface area (Å²) in [5.41, 5.74) is 8.01. The van der Waals surface area contributed by atoms with E-state index in [-0.39, 0.29) is 5.56 Å². The minimum absolute atomic E-state index is 0.206. The van der Waals surface area contributed by atoms with Gasteiger partial charge in [-0.1, -0.05) is 0 Å². The molecule has 4 nitrogen and oxygen atoms in total. The van der Waals surface area contributed by atoms with Crippen molar-refractivity contribution in [1.82, 2.24) is 0 Å². The minimum atomic E-state index is -0.971. The number of anilines is 3. The molecule has 2 rings (SSSR count). The summed E-state index contributed by atoms with van der Waals surface area (Å²) in [6, 6.07) is 12.4. The second kappa shape index (κ2) is 5.67. The van der Waals surface area contributed by atoms with Crippen LogP contribution < -0.4 is 11.1 Å². The predicted molar refractivity (Wildman–Crippen MR) is 79.3 cm³/mol. The van der Waals surface area contributed by atoms with Crippen molar-refractivity contribution >= 4 is 34.8 Å². The largest absolute Gasteiger partial charge is 0.478 e. The Kier molecular flexibility index (Phi) is 3.97. The molecule has 0 saturated heterocycles. The average molecular weight is 274 g/mol. The molecule has 98 valence electrons. The highest BCUT2D eigenvalue weighted by molar-refractivity contribution is 7.98. The molecule has 0 bridgehead atoms. The van der Waals surface area contributed by atoms with Crippen molar-refractivity contribution < 1.29 is 9.90 Å². The maximum atomic E-state index is 10.9. The summed E-state index contributed by atoms with van der Waals surface area (Å²) in [4.78, 5) is 12.1. The summed E-state index contributed by atoms with van der Waals surface area (Å²) in [5, 5.41) is 12.1. The Morgan fingerprint density at radius 1 is 1.21 bits per heavy atom. The zero-order chi connectivity index (χ0) is 13.8. The van der Waals surface area contributed by atoms with Crippen LogP contribution in [0.15, 0.2) is 47.4 Å². The number of carbonyl (C=O) groups is 1. The summed E-state index contributed by atoms with van der Waals surface area (Å²) in [6.45, 7) is 0. The van der Waals surface area contributed by atoms with Gasteiger partial charge < -0.3 is 16.2 Å². The first-order chi connectivity index (χ1) is 9.10. The number of benzene rings is 2. The molecular weight excluding hydrogens is 260 g/mol. The van der Waals surface area contributed by atoms with Crippen molar-refractivity contribution in [2.24, 2.45) is 0 Å². The van der Waals surface area contributed by atoms with Gasteiger partial charge in [-0.05, 0) is 48.7 Å². The number of hydrogen-bond donors (Lipinski definition) is 3. The summed E-state index contributed by atoms with van der Waals surface area (Å²) < 4.78 is 0. The van der Waals surface area contributed by atoms with Gasteiger partial charge in [0.25, 0.3) is 0 Å². The molecule has 0 radical (unpaired) electrons. The molecule has 0 heterocycles. The number of nitrogens with two attached hydrogens (primary N) is 1. The Hall–Kier alpha value is -2.14. The molecule has 2 aromatic rings. The van der Waals surface area contributed by atoms with Gasteiger partial charge in [-0.3, -0.25) is 0 Å². The number of nitrogen functional groups attached to an aromatic ring is 1. The lowest BCUT2D eigenvalue weighted by Crippen LogP contribution is -2.01. The standard InChI is InChI=1S/C14H14N2O2S/c1-19-11-5-3-10(4-6-11)16-13-8-9(14(17)18)2-7-12(13)15/h2-8,16H,15H2,1H3,(H,17,18). The average Bonchev–Trinajstić information content (AvgIpc) is 2.42. The fourth-order valence-electron chi connectivity index (χ4n) is 1.63. The summed E-state index contributed by atoms with van der Waals surface area (Å²) in [5.74, 6) is -0.971. The Morgan fingerprint density at radius 2 is 1.89 bits per heavy atom. The van der Waals surface area contributed by atoms with Gasteiger partial charge in [-0.2, -0.15) is 0 Å². The van der Waals surface area contributed by atoms with Crippen LogP contribution in [0.25, 0.3) is 0 Å². The lowest BCUT2D eigenvalue weighted by molar-refractivity contribution is 0.0697. The van der Waals surface area contributed by atoms with E-state index in [1.165, 1.54) is 12.1 Å². The molecule has 0 unspecified atom stereocenters. The van der Waals surface area contributed by atoms with Gasteiger partial charge in [0, 0.05) is 10.6 Å². The third kappa shape index (κ3) is 3.20. The minimum Gasteiger partial charge on any atom is -0.478 e. The normalized spacial score (nSPS) is 10.2. The highest BCUT2D eigenvalue weighted by Crippen LogP contribution is 2.25. The predicted octanol–water partition coefficient (Wildman–Crippen LogP) is 3.43. The maximum Gasteiger partial charge on any atom is 0.335 e. The summed E-state index contributed by atoms with van der Waals surface area (Å²) in [7, 11) is 0. The fraction of sp³-hybridized carbons (Fsp3) is 0.0714. The lowest BCUT2D eigenvalue weighted by Gasteiger charge is -2.10. The van der Waals surface area contributed by atoms with Gasteiger partial charge >= 0.3 is 5.97 Å². The van der Waals surface area contributed by atoms with Crippen molar-refractivity contribution in [3.8, 4) is 0 Å². The third-order valence-corrected chi connectivity index (χ3v) is 3.41. The highest BCUT2D eigenvalue weighted by atomic mass is 32.2. The van der Waals surface area contributed by atoms with E-state index in [1.807, 2.05) is 30.5 Å². The maximum absolute atomic E-state index is 10.9. The van der Waals surface area contributed by atoms with Crippen molar-refractivity contribution in [2.75, 3.05) is 17.3 Å². The number of aromatic carboxylic acids is 1. The van der Waals surface area contributed by atoms with Crippen molar-refractivity contribution in [3.05, 3.63) is 48.0 Å². The zero-order valence-corrected chi connectivity index (χ0v) is 11.2. The smallest absolute Gasteiger partial charge is 0.335 e. The summed E-state index contributed by atoms with van der Waals surface area (Å²) >= 11 is 1.66. The highest BCUT2D eigenvalue weighted by Gasteiger charge is 2.06. The lowest BCUT2D eigenvalue weighted by atomic mass is 10.1. The van der Waals surface area contributed by atoms with Crippen molar-refractivity contribution in [2.45, 2.75) is 4.90 Å². The van der Waals surface area contributed by atoms with Crippen molar-refractivity contribution in [1.29, 1.82) is 0 Å². The van der Waals surface area contributed by atoms with E-state index in [9.17, 15) is 4.79 Å². The van der Waals surface area contributed by atoms with Gasteiger partial charge in [0.2, 0.25) is 0 Å². The topological polar surface area (TPSA) is 75.3 Å². The molecule has 0 saturated carbocycles. The van der Waals surface area contributed by atoms with Crippen LogP contribution in [-0.2, 0) is 0 Å². The van der Waals surface area contributed by atoms with Crippen LogP contribution in [0, 0.1) is 0 Å². The van der Waals surface area contributed by atoms with Gasteiger partial charge in [0.05, 0.1) is 16.9 Å². The molecule has 4 N–H and O–H groups in total. The second-order valence-electron chi connectivity index (χ2n) is 3.96. The third-order valence-electron chi connectivity index (χ3n) is 2.67. The molecule has 0 spiro atoms. The zero-order valence-electron chi connectivity index (χ0n) is 10.4. The Morgan fingerprint density at radius 3 is 2.47 bits per heavy atom. The number of carboxylic acid groups (broad SMARTS) is 1. The van der Waals surface area contributed by atoms with Crippen LogP contribution in [0.1, 0.15) is 10.4 Å². The molecule has 5 heteroatoms. The van der Waals surface area contributed by atoms with Crippen LogP contribution in [-0.4, -0.2) is 17.3 Å². The van der Waals surface area contributed by atoms with Crippen LogP contribution in [0.5, 0.6) is 0 Å². The first-order valence-electron chi connectivity index (χ1n) is 5.64. The molecule has 0 fully saturated rings. The molecule has 19 heavy (non-hydrogen) atoms. The van der Waals surface area contributed by atoms with Crippen LogP contribution in [0.2, 0.25) is 0 Å². The van der Waals surface area contributed by atoms with Gasteiger partial charge in [-0.25, -0.2) is 4.79 Å². The molecule has 2 aromatic carbocycles. The molecule has 0 amide bonds. The van der Waals surface area contributed by atoms with E-state index in [4.69, 9.17) is 10.8 Å². The molecule has 0 aliphatic heterocycles. The monoisotopic (exact) mass is 274 g/mol. The van der Waals surface area contributed by atoms with Gasteiger partial charge in [-0.15, -0.1) is 11.8 Å². The van der Waals surface area contributed by atoms with E-state index >= 15 is 0 Å². The fourth-order valence-corrected chi connectivity index (χ4v) is 2.04. The Bertz CT molecular complexity index is 597. The van der Waals surface area contributed by atoms with Crippen LogP contribution >= 0.6 is 11.8 Å². The van der Waals surface area contributed by atoms with E-state index < -0.39 is 5.97 Å². The van der Waals surface area contributed by atoms with E-state index in [2.05, 4.69) is 5.32 Å². The van der Waals surface area contributed by atoms with Crippen molar-refractivity contribution in [3.63, 3.8) is 0 Å². The number of rotatable bonds is 4. The molecule has 0 aromatic heterocycles. The first-order valence-corrected chi connectivity index (χ1v) is 6.86. The molecule has 0 atom stereocenters. The number of hydrogen-bond acceptors (Lipinski definition) is 4. The van der Waals surface area contributed by atoms with Gasteiger partial charge in [0.15, 0.2) is 0 Å². The molecule has 0 aliphatic rings. The molecule has 0 aliphatic carbocycles. The number of nitrogens with one attached hydrogen (secondary N) is 1. The number of carboxylic acids is 1. The quantitative estimate of drug-likeness (QED) is 0.588. The number of thioether (sulfide) groups is 1. The van der Waals surface area contributed by atoms with Crippen LogP contribution in [0.4, 0.5) is 17.1 Å². The van der Waals surface area contributed by atoms with E-state index in [0.29, 0.717) is 11.4 Å². The van der Waals surface area contributed by atoms with E-state index in [0.717, 1.165) is 10.6 Å². The van der Waals surface area contributed by atoms with Crippen LogP contribution in [0.3, 0.4) is 0 Å². The summed E-state index contributed by atoms with van der Waals surface area (Å²) in [6.07, 6.45) is 2.01. The van der Waals surface area contributed by atoms with E-state index in [1.54, 1.807) is 17.8 Å². The Labute approximate surface area is 115 Å². The first kappa shape index (κ1) is 13.3. The van der Waals surface area contributed by atoms with Gasteiger partial charge in [0.1, 0.15) is 0 Å².